The molecule has 1 saturated carbocycles. The number of rotatable bonds is 4. The molecule has 0 aromatic heterocycles. The molecular formula is C20H31N3O3S. The van der Waals surface area contributed by atoms with Crippen molar-refractivity contribution in [2.24, 2.45) is 17.3 Å². The number of nitrogens with one attached hydrogen (secondary N) is 1. The molecule has 0 aromatic carbocycles. The van der Waals surface area contributed by atoms with Gasteiger partial charge in [-0.1, -0.05) is 12.8 Å². The van der Waals surface area contributed by atoms with Crippen molar-refractivity contribution in [3.63, 3.8) is 0 Å². The molecule has 150 valence electrons. The van der Waals surface area contributed by atoms with Crippen LogP contribution in [0.15, 0.2) is 0 Å². The Kier molecular flexibility index (Phi) is 5.52. The van der Waals surface area contributed by atoms with E-state index in [0.717, 1.165) is 64.7 Å². The van der Waals surface area contributed by atoms with Crippen LogP contribution in [0.2, 0.25) is 0 Å². The van der Waals surface area contributed by atoms with Crippen LogP contribution >= 0.6 is 11.8 Å². The Balaban J connectivity index is 1.48. The Morgan fingerprint density at radius 2 is 1.78 bits per heavy atom. The van der Waals surface area contributed by atoms with Crippen LogP contribution in [0.1, 0.15) is 44.9 Å². The van der Waals surface area contributed by atoms with E-state index in [4.69, 9.17) is 0 Å². The minimum atomic E-state index is -0.624. The van der Waals surface area contributed by atoms with E-state index in [1.54, 1.807) is 11.8 Å². The number of carbonyl (C=O) groups is 3. The summed E-state index contributed by atoms with van der Waals surface area (Å²) in [5.41, 5.74) is 0.347. The fraction of sp³-hybridized carbons (Fsp3) is 0.850. The second kappa shape index (κ2) is 7.74. The van der Waals surface area contributed by atoms with Gasteiger partial charge in [0.05, 0.1) is 11.8 Å². The highest BCUT2D eigenvalue weighted by Gasteiger charge is 2.52. The average Bonchev–Trinajstić information content (AvgIpc) is 3.24. The molecule has 4 aliphatic rings. The molecule has 4 fully saturated rings. The number of piperidine rings is 1. The van der Waals surface area contributed by atoms with E-state index < -0.39 is 6.04 Å². The van der Waals surface area contributed by atoms with Gasteiger partial charge in [0, 0.05) is 25.4 Å². The van der Waals surface area contributed by atoms with E-state index in [2.05, 4.69) is 5.32 Å². The van der Waals surface area contributed by atoms with Gasteiger partial charge in [-0.15, -0.1) is 0 Å². The molecule has 1 N–H and O–H groups in total. The fourth-order valence-electron chi connectivity index (χ4n) is 5.54. The lowest BCUT2D eigenvalue weighted by molar-refractivity contribution is -0.151. The third kappa shape index (κ3) is 3.41. The summed E-state index contributed by atoms with van der Waals surface area (Å²) in [4.78, 5) is 42.5. The van der Waals surface area contributed by atoms with E-state index >= 15 is 0 Å². The van der Waals surface area contributed by atoms with Crippen LogP contribution in [-0.2, 0) is 14.4 Å². The van der Waals surface area contributed by atoms with E-state index in [0.29, 0.717) is 11.2 Å². The number of carbonyl (C=O) groups excluding carboxylic acids is 3. The normalized spacial score (nSPS) is 31.4. The maximum Gasteiger partial charge on any atom is 0.246 e. The summed E-state index contributed by atoms with van der Waals surface area (Å²) in [5.74, 6) is -0.0734. The third-order valence-electron chi connectivity index (χ3n) is 7.26. The Hall–Kier alpha value is -1.08. The molecule has 3 atom stereocenters. The molecule has 3 heterocycles. The molecule has 0 aromatic rings. The zero-order valence-corrected chi connectivity index (χ0v) is 17.1. The molecule has 1 aliphatic carbocycles. The second-order valence-electron chi connectivity index (χ2n) is 8.77. The van der Waals surface area contributed by atoms with Crippen LogP contribution in [-0.4, -0.2) is 71.8 Å². The smallest absolute Gasteiger partial charge is 0.246 e. The second-order valence-corrected chi connectivity index (χ2v) is 9.68. The van der Waals surface area contributed by atoms with Crippen molar-refractivity contribution >= 4 is 29.5 Å². The molecule has 3 amide bonds. The van der Waals surface area contributed by atoms with Crippen molar-refractivity contribution in [3.05, 3.63) is 0 Å². The molecule has 1 spiro atoms. The van der Waals surface area contributed by atoms with Gasteiger partial charge in [0.1, 0.15) is 6.04 Å². The number of likely N-dealkylation sites (tertiary alicyclic amines) is 2. The molecule has 27 heavy (non-hydrogen) atoms. The van der Waals surface area contributed by atoms with Gasteiger partial charge in [-0.25, -0.2) is 0 Å². The summed E-state index contributed by atoms with van der Waals surface area (Å²) in [7, 11) is 0. The van der Waals surface area contributed by atoms with Gasteiger partial charge in [-0.3, -0.25) is 19.3 Å². The quantitative estimate of drug-likeness (QED) is 0.733. The standard InChI is InChI=1S/C20H31N3O3S/c1-27-12-16(23-17(24)14-4-2-3-5-15(14)18(23)25)19(26)22-10-7-20(8-11-22)6-9-21-13-20/h14-16,21H,2-13H2,1H3. The number of amides is 3. The SMILES string of the molecule is CSCC(C(=O)N1CCC2(CCNC2)CC1)N1C(=O)C2CCCCC2C1=O. The molecule has 3 unspecified atom stereocenters. The number of fused-ring (bicyclic) bond motifs is 1. The van der Waals surface area contributed by atoms with Gasteiger partial charge in [-0.05, 0) is 50.3 Å². The summed E-state index contributed by atoms with van der Waals surface area (Å²) in [6.07, 6.45) is 8.78. The highest BCUT2D eigenvalue weighted by Crippen LogP contribution is 2.40. The van der Waals surface area contributed by atoms with Crippen molar-refractivity contribution in [3.8, 4) is 0 Å². The van der Waals surface area contributed by atoms with E-state index in [1.807, 2.05) is 11.2 Å². The topological polar surface area (TPSA) is 69.7 Å². The van der Waals surface area contributed by atoms with Crippen molar-refractivity contribution in [2.75, 3.05) is 38.2 Å². The summed E-state index contributed by atoms with van der Waals surface area (Å²) >= 11 is 1.54. The zero-order chi connectivity index (χ0) is 19.0. The van der Waals surface area contributed by atoms with E-state index in [-0.39, 0.29) is 29.6 Å². The number of hydrogen-bond acceptors (Lipinski definition) is 5. The average molecular weight is 394 g/mol. The van der Waals surface area contributed by atoms with Gasteiger partial charge in [0.15, 0.2) is 0 Å². The minimum Gasteiger partial charge on any atom is -0.341 e. The minimum absolute atomic E-state index is 0.0227. The van der Waals surface area contributed by atoms with Gasteiger partial charge < -0.3 is 10.2 Å². The zero-order valence-electron chi connectivity index (χ0n) is 16.2. The monoisotopic (exact) mass is 393 g/mol. The molecule has 0 radical (unpaired) electrons. The summed E-state index contributed by atoms with van der Waals surface area (Å²) in [6.45, 7) is 3.61. The Morgan fingerprint density at radius 1 is 1.15 bits per heavy atom. The number of imide groups is 1. The number of nitrogens with zero attached hydrogens (tertiary/aromatic N) is 2. The van der Waals surface area contributed by atoms with Gasteiger partial charge in [-0.2, -0.15) is 11.8 Å². The Bertz CT molecular complexity index is 586. The van der Waals surface area contributed by atoms with E-state index in [1.165, 1.54) is 11.3 Å². The molecule has 3 aliphatic heterocycles. The lowest BCUT2D eigenvalue weighted by atomic mass is 9.78. The van der Waals surface area contributed by atoms with Gasteiger partial charge in [0.2, 0.25) is 17.7 Å². The van der Waals surface area contributed by atoms with Crippen LogP contribution in [0.4, 0.5) is 0 Å². The first-order chi connectivity index (χ1) is 13.1. The van der Waals surface area contributed by atoms with Crippen LogP contribution in [0, 0.1) is 17.3 Å². The van der Waals surface area contributed by atoms with Gasteiger partial charge >= 0.3 is 0 Å². The van der Waals surface area contributed by atoms with Crippen molar-refractivity contribution in [1.29, 1.82) is 0 Å². The molecule has 0 bridgehead atoms. The van der Waals surface area contributed by atoms with Crippen molar-refractivity contribution in [2.45, 2.75) is 51.0 Å². The predicted molar refractivity (Wildman–Crippen MR) is 105 cm³/mol. The maximum absolute atomic E-state index is 13.3. The molecule has 6 nitrogen and oxygen atoms in total. The molecule has 7 heteroatoms. The highest BCUT2D eigenvalue weighted by molar-refractivity contribution is 7.98. The van der Waals surface area contributed by atoms with Crippen molar-refractivity contribution < 1.29 is 14.4 Å². The van der Waals surface area contributed by atoms with Crippen LogP contribution in [0.25, 0.3) is 0 Å². The van der Waals surface area contributed by atoms with Crippen LogP contribution in [0.5, 0.6) is 0 Å². The predicted octanol–water partition coefficient (Wildman–Crippen LogP) is 1.50. The van der Waals surface area contributed by atoms with Crippen LogP contribution in [0.3, 0.4) is 0 Å². The highest BCUT2D eigenvalue weighted by atomic mass is 32.2. The molecule has 4 rings (SSSR count). The largest absolute Gasteiger partial charge is 0.341 e. The fourth-order valence-corrected chi connectivity index (χ4v) is 6.15. The summed E-state index contributed by atoms with van der Waals surface area (Å²) in [6, 6.07) is -0.624. The van der Waals surface area contributed by atoms with Crippen LogP contribution < -0.4 is 5.32 Å². The van der Waals surface area contributed by atoms with Crippen molar-refractivity contribution in [1.82, 2.24) is 15.1 Å². The lowest BCUT2D eigenvalue weighted by Gasteiger charge is -2.41. The number of thioether (sulfide) groups is 1. The first-order valence-electron chi connectivity index (χ1n) is 10.4. The maximum atomic E-state index is 13.3. The molecule has 3 saturated heterocycles. The Morgan fingerprint density at radius 3 is 2.30 bits per heavy atom. The third-order valence-corrected chi connectivity index (χ3v) is 7.91. The number of hydrogen-bond donors (Lipinski definition) is 1. The van der Waals surface area contributed by atoms with E-state index in [9.17, 15) is 14.4 Å². The first kappa shape index (κ1) is 19.2. The Labute approximate surface area is 165 Å². The summed E-state index contributed by atoms with van der Waals surface area (Å²) in [5, 5.41) is 3.45. The lowest BCUT2D eigenvalue weighted by Crippen LogP contribution is -2.55. The molecular weight excluding hydrogens is 362 g/mol. The summed E-state index contributed by atoms with van der Waals surface area (Å²) < 4.78 is 0. The first-order valence-corrected chi connectivity index (χ1v) is 11.8. The van der Waals surface area contributed by atoms with Gasteiger partial charge in [0.25, 0.3) is 0 Å².